The highest BCUT2D eigenvalue weighted by Gasteiger charge is 2.47. The molecule has 2 rings (SSSR count). The molecule has 0 radical (unpaired) electrons. The summed E-state index contributed by atoms with van der Waals surface area (Å²) in [6.45, 7) is 3.71. The van der Waals surface area contributed by atoms with E-state index in [9.17, 15) is 5.11 Å². The lowest BCUT2D eigenvalue weighted by Crippen LogP contribution is -2.58. The molecule has 0 saturated carbocycles. The summed E-state index contributed by atoms with van der Waals surface area (Å²) in [6, 6.07) is 9.85. The smallest absolute Gasteiger partial charge is 0.121 e. The quantitative estimate of drug-likeness (QED) is 0.842. The van der Waals surface area contributed by atoms with Gasteiger partial charge in [-0.15, -0.1) is 0 Å². The summed E-state index contributed by atoms with van der Waals surface area (Å²) < 4.78 is 5.51. The molecular formula is C14H21NO2. The molecule has 1 aromatic carbocycles. The van der Waals surface area contributed by atoms with Crippen molar-refractivity contribution in [3.63, 3.8) is 0 Å². The van der Waals surface area contributed by atoms with E-state index in [0.29, 0.717) is 0 Å². The minimum atomic E-state index is -0.886. The van der Waals surface area contributed by atoms with Crippen molar-refractivity contribution in [2.24, 2.45) is 5.92 Å². The van der Waals surface area contributed by atoms with Gasteiger partial charge < -0.3 is 14.7 Å². The van der Waals surface area contributed by atoms with Crippen LogP contribution in [0.2, 0.25) is 0 Å². The van der Waals surface area contributed by atoms with Gasteiger partial charge in [-0.3, -0.25) is 0 Å². The zero-order chi connectivity index (χ0) is 12.5. The van der Waals surface area contributed by atoms with Crippen LogP contribution in [-0.4, -0.2) is 43.4 Å². The molecule has 17 heavy (non-hydrogen) atoms. The van der Waals surface area contributed by atoms with Gasteiger partial charge in [0.2, 0.25) is 0 Å². The lowest BCUT2D eigenvalue weighted by molar-refractivity contribution is -0.165. The van der Waals surface area contributed by atoms with Crippen molar-refractivity contribution in [1.82, 2.24) is 4.90 Å². The molecule has 0 aliphatic carbocycles. The maximum atomic E-state index is 11.0. The second kappa shape index (κ2) is 4.77. The average Bonchev–Trinajstić information content (AvgIpc) is 2.34. The summed E-state index contributed by atoms with van der Waals surface area (Å²) in [6.07, 6.45) is -0.182. The van der Waals surface area contributed by atoms with Crippen molar-refractivity contribution in [3.8, 4) is 0 Å². The largest absolute Gasteiger partial charge is 0.382 e. The molecule has 0 bridgehead atoms. The molecular weight excluding hydrogens is 214 g/mol. The van der Waals surface area contributed by atoms with Gasteiger partial charge in [-0.25, -0.2) is 0 Å². The number of likely N-dealkylation sites (N-methyl/N-ethyl adjacent to an activating group) is 1. The molecule has 0 amide bonds. The van der Waals surface area contributed by atoms with E-state index in [1.54, 1.807) is 7.11 Å². The monoisotopic (exact) mass is 235 g/mol. The molecule has 1 aliphatic heterocycles. The number of rotatable bonds is 2. The Hall–Kier alpha value is -0.900. The third-order valence-electron chi connectivity index (χ3n) is 3.83. The van der Waals surface area contributed by atoms with Crippen LogP contribution in [0.1, 0.15) is 12.5 Å². The fourth-order valence-electron chi connectivity index (χ4n) is 2.85. The maximum Gasteiger partial charge on any atom is 0.121 e. The highest BCUT2D eigenvalue weighted by atomic mass is 16.5. The van der Waals surface area contributed by atoms with Gasteiger partial charge in [0.15, 0.2) is 0 Å². The second-order valence-electron chi connectivity index (χ2n) is 5.04. The van der Waals surface area contributed by atoms with Crippen LogP contribution in [0, 0.1) is 5.92 Å². The van der Waals surface area contributed by atoms with Gasteiger partial charge in [0.05, 0.1) is 0 Å². The van der Waals surface area contributed by atoms with Gasteiger partial charge in [0.25, 0.3) is 0 Å². The first-order valence-electron chi connectivity index (χ1n) is 6.08. The molecule has 1 saturated heterocycles. The van der Waals surface area contributed by atoms with Gasteiger partial charge in [0.1, 0.15) is 11.7 Å². The summed E-state index contributed by atoms with van der Waals surface area (Å²) in [5.41, 5.74) is 0.0650. The van der Waals surface area contributed by atoms with Crippen LogP contribution in [0.15, 0.2) is 30.3 Å². The summed E-state index contributed by atoms with van der Waals surface area (Å²) in [7, 11) is 3.73. The van der Waals surface area contributed by atoms with Gasteiger partial charge in [-0.2, -0.15) is 0 Å². The zero-order valence-corrected chi connectivity index (χ0v) is 10.8. The van der Waals surface area contributed by atoms with Crippen LogP contribution >= 0.6 is 0 Å². The normalized spacial score (nSPS) is 34.8. The Kier molecular flexibility index (Phi) is 3.52. The van der Waals surface area contributed by atoms with Crippen molar-refractivity contribution in [3.05, 3.63) is 35.9 Å². The molecule has 3 heteroatoms. The third-order valence-corrected chi connectivity index (χ3v) is 3.83. The van der Waals surface area contributed by atoms with Crippen LogP contribution in [0.4, 0.5) is 0 Å². The molecule has 1 N–H and O–H groups in total. The standard InChI is InChI=1S/C14H21NO2/c1-11-9-15(2)10-13(17-3)14(11,16)12-7-5-4-6-8-12/h4-8,11,13,16H,9-10H2,1-3H3. The van der Waals surface area contributed by atoms with Gasteiger partial charge >= 0.3 is 0 Å². The fourth-order valence-corrected chi connectivity index (χ4v) is 2.85. The lowest BCUT2D eigenvalue weighted by Gasteiger charge is -2.47. The molecule has 94 valence electrons. The minimum Gasteiger partial charge on any atom is -0.382 e. The maximum absolute atomic E-state index is 11.0. The number of piperidine rings is 1. The van der Waals surface area contributed by atoms with E-state index in [1.165, 1.54) is 0 Å². The van der Waals surface area contributed by atoms with E-state index >= 15 is 0 Å². The van der Waals surface area contributed by atoms with E-state index in [4.69, 9.17) is 4.74 Å². The Bertz CT molecular complexity index is 368. The van der Waals surface area contributed by atoms with E-state index in [0.717, 1.165) is 18.7 Å². The minimum absolute atomic E-state index is 0.147. The predicted octanol–water partition coefficient (Wildman–Crippen LogP) is 1.47. The molecule has 1 aliphatic rings. The van der Waals surface area contributed by atoms with Crippen LogP contribution < -0.4 is 0 Å². The lowest BCUT2D eigenvalue weighted by atomic mass is 9.75. The number of methoxy groups -OCH3 is 1. The highest BCUT2D eigenvalue weighted by molar-refractivity contribution is 5.26. The molecule has 0 aromatic heterocycles. The van der Waals surface area contributed by atoms with E-state index in [-0.39, 0.29) is 12.0 Å². The molecule has 1 fully saturated rings. The highest BCUT2D eigenvalue weighted by Crippen LogP contribution is 2.38. The van der Waals surface area contributed by atoms with Gasteiger partial charge in [-0.05, 0) is 12.6 Å². The third kappa shape index (κ3) is 2.10. The fraction of sp³-hybridized carbons (Fsp3) is 0.571. The van der Waals surface area contributed by atoms with Crippen LogP contribution in [0.5, 0.6) is 0 Å². The van der Waals surface area contributed by atoms with Crippen LogP contribution in [0.25, 0.3) is 0 Å². The average molecular weight is 235 g/mol. The number of nitrogens with zero attached hydrogens (tertiary/aromatic N) is 1. The predicted molar refractivity (Wildman–Crippen MR) is 67.8 cm³/mol. The first kappa shape index (κ1) is 12.6. The summed E-state index contributed by atoms with van der Waals surface area (Å²) in [5.74, 6) is 0.147. The molecule has 3 nitrogen and oxygen atoms in total. The molecule has 1 aromatic rings. The number of ether oxygens (including phenoxy) is 1. The van der Waals surface area contributed by atoms with Crippen molar-refractivity contribution in [2.45, 2.75) is 18.6 Å². The number of hydrogen-bond donors (Lipinski definition) is 1. The Labute approximate surface area is 103 Å². The number of hydrogen-bond acceptors (Lipinski definition) is 3. The van der Waals surface area contributed by atoms with Crippen molar-refractivity contribution >= 4 is 0 Å². The Morgan fingerprint density at radius 3 is 2.53 bits per heavy atom. The van der Waals surface area contributed by atoms with E-state index < -0.39 is 5.60 Å². The van der Waals surface area contributed by atoms with Crippen molar-refractivity contribution in [1.29, 1.82) is 0 Å². The first-order chi connectivity index (χ1) is 8.09. The Balaban J connectivity index is 2.38. The molecule has 0 spiro atoms. The van der Waals surface area contributed by atoms with Crippen molar-refractivity contribution < 1.29 is 9.84 Å². The zero-order valence-electron chi connectivity index (χ0n) is 10.8. The van der Waals surface area contributed by atoms with Gasteiger partial charge in [-0.1, -0.05) is 37.3 Å². The van der Waals surface area contributed by atoms with Crippen molar-refractivity contribution in [2.75, 3.05) is 27.2 Å². The summed E-state index contributed by atoms with van der Waals surface area (Å²) >= 11 is 0. The second-order valence-corrected chi connectivity index (χ2v) is 5.04. The van der Waals surface area contributed by atoms with E-state index in [2.05, 4.69) is 18.9 Å². The SMILES string of the molecule is COC1CN(C)CC(C)C1(O)c1ccccc1. The first-order valence-corrected chi connectivity index (χ1v) is 6.08. The number of benzene rings is 1. The molecule has 1 heterocycles. The van der Waals surface area contributed by atoms with Crippen LogP contribution in [0.3, 0.4) is 0 Å². The topological polar surface area (TPSA) is 32.7 Å². The number of likely N-dealkylation sites (tertiary alicyclic amines) is 1. The van der Waals surface area contributed by atoms with E-state index in [1.807, 2.05) is 30.3 Å². The summed E-state index contributed by atoms with van der Waals surface area (Å²) in [4.78, 5) is 2.20. The summed E-state index contributed by atoms with van der Waals surface area (Å²) in [5, 5.41) is 11.0. The molecule has 3 atom stereocenters. The Morgan fingerprint density at radius 2 is 1.94 bits per heavy atom. The number of aliphatic hydroxyl groups is 1. The van der Waals surface area contributed by atoms with Crippen LogP contribution in [-0.2, 0) is 10.3 Å². The van der Waals surface area contributed by atoms with Gasteiger partial charge in [0, 0.05) is 26.1 Å². The molecule has 3 unspecified atom stereocenters. The Morgan fingerprint density at radius 1 is 1.29 bits per heavy atom.